The van der Waals surface area contributed by atoms with Crippen LogP contribution >= 0.6 is 0 Å². The van der Waals surface area contributed by atoms with Crippen molar-refractivity contribution in [1.29, 1.82) is 0 Å². The second-order valence-electron chi connectivity index (χ2n) is 4.19. The molecule has 0 aromatic rings. The minimum atomic E-state index is 0.252. The van der Waals surface area contributed by atoms with E-state index in [4.69, 9.17) is 5.73 Å². The van der Waals surface area contributed by atoms with E-state index in [0.29, 0.717) is 0 Å². The minimum absolute atomic E-state index is 0.252. The Morgan fingerprint density at radius 1 is 1.36 bits per heavy atom. The van der Waals surface area contributed by atoms with Gasteiger partial charge in [-0.05, 0) is 34.2 Å². The van der Waals surface area contributed by atoms with Gasteiger partial charge >= 0.3 is 0 Å². The van der Waals surface area contributed by atoms with Crippen LogP contribution in [0.5, 0.6) is 0 Å². The monoisotopic (exact) mass is 158 g/mol. The minimum Gasteiger partial charge on any atom is -0.327 e. The van der Waals surface area contributed by atoms with Crippen LogP contribution in [0.1, 0.15) is 34.6 Å². The van der Waals surface area contributed by atoms with Crippen molar-refractivity contribution >= 4 is 0 Å². The Labute approximate surface area is 70.8 Å². The third-order valence-corrected chi connectivity index (χ3v) is 1.84. The van der Waals surface area contributed by atoms with Crippen LogP contribution in [-0.4, -0.2) is 29.6 Å². The van der Waals surface area contributed by atoms with Gasteiger partial charge < -0.3 is 5.73 Å². The molecule has 0 amide bonds. The summed E-state index contributed by atoms with van der Waals surface area (Å²) < 4.78 is 0. The molecular formula is C9H22N2. The molecule has 68 valence electrons. The molecule has 0 fully saturated rings. The van der Waals surface area contributed by atoms with Crippen molar-refractivity contribution in [3.8, 4) is 0 Å². The summed E-state index contributed by atoms with van der Waals surface area (Å²) in [7, 11) is 0. The van der Waals surface area contributed by atoms with Crippen LogP contribution in [0.25, 0.3) is 0 Å². The van der Waals surface area contributed by atoms with Crippen molar-refractivity contribution < 1.29 is 0 Å². The molecule has 11 heavy (non-hydrogen) atoms. The molecule has 0 unspecified atom stereocenters. The fraction of sp³-hybridized carbons (Fsp3) is 1.00. The second kappa shape index (κ2) is 4.07. The molecule has 0 spiro atoms. The smallest absolute Gasteiger partial charge is 0.0139 e. The summed E-state index contributed by atoms with van der Waals surface area (Å²) in [4.78, 5) is 2.39. The Hall–Kier alpha value is -0.0800. The molecule has 2 nitrogen and oxygen atoms in total. The first kappa shape index (κ1) is 10.9. The lowest BCUT2D eigenvalue weighted by atomic mass is 10.1. The zero-order chi connectivity index (χ0) is 9.07. The number of hydrogen-bond acceptors (Lipinski definition) is 2. The normalized spacial score (nSPS) is 15.5. The van der Waals surface area contributed by atoms with Crippen molar-refractivity contribution in [2.24, 2.45) is 5.73 Å². The summed E-state index contributed by atoms with van der Waals surface area (Å²) in [5.74, 6) is 0. The van der Waals surface area contributed by atoms with Crippen molar-refractivity contribution in [1.82, 2.24) is 4.90 Å². The van der Waals surface area contributed by atoms with Gasteiger partial charge in [0.1, 0.15) is 0 Å². The summed E-state index contributed by atoms with van der Waals surface area (Å²) in [6.45, 7) is 12.9. The number of hydrogen-bond donors (Lipinski definition) is 1. The second-order valence-corrected chi connectivity index (χ2v) is 4.19. The van der Waals surface area contributed by atoms with Gasteiger partial charge in [0, 0.05) is 18.1 Å². The molecule has 0 aromatic heterocycles. The first-order valence-electron chi connectivity index (χ1n) is 4.38. The highest BCUT2D eigenvalue weighted by Crippen LogP contribution is 2.12. The summed E-state index contributed by atoms with van der Waals surface area (Å²) in [6, 6.07) is 0.272. The van der Waals surface area contributed by atoms with E-state index in [0.717, 1.165) is 13.1 Å². The molecule has 2 heteroatoms. The average Bonchev–Trinajstić information content (AvgIpc) is 1.79. The molecule has 0 aliphatic carbocycles. The molecular weight excluding hydrogens is 136 g/mol. The Morgan fingerprint density at radius 3 is 1.91 bits per heavy atom. The SMILES string of the molecule is CCN(C[C@@H](C)N)C(C)(C)C. The van der Waals surface area contributed by atoms with Crippen molar-refractivity contribution in [2.45, 2.75) is 46.2 Å². The molecule has 0 heterocycles. The molecule has 2 N–H and O–H groups in total. The third kappa shape index (κ3) is 4.38. The summed E-state index contributed by atoms with van der Waals surface area (Å²) in [6.07, 6.45) is 0. The molecule has 0 aliphatic rings. The molecule has 0 radical (unpaired) electrons. The maximum atomic E-state index is 5.72. The van der Waals surface area contributed by atoms with Gasteiger partial charge in [-0.15, -0.1) is 0 Å². The Kier molecular flexibility index (Phi) is 4.04. The predicted molar refractivity (Wildman–Crippen MR) is 50.6 cm³/mol. The van der Waals surface area contributed by atoms with Gasteiger partial charge in [0.05, 0.1) is 0 Å². The van der Waals surface area contributed by atoms with Crippen molar-refractivity contribution in [3.05, 3.63) is 0 Å². The van der Waals surface area contributed by atoms with Gasteiger partial charge in [-0.2, -0.15) is 0 Å². The van der Waals surface area contributed by atoms with E-state index in [1.54, 1.807) is 0 Å². The number of nitrogens with two attached hydrogens (primary N) is 1. The van der Waals surface area contributed by atoms with Gasteiger partial charge in [0.15, 0.2) is 0 Å². The number of rotatable bonds is 3. The highest BCUT2D eigenvalue weighted by molar-refractivity contribution is 4.77. The summed E-state index contributed by atoms with van der Waals surface area (Å²) in [5.41, 5.74) is 5.98. The van der Waals surface area contributed by atoms with E-state index < -0.39 is 0 Å². The zero-order valence-electron chi connectivity index (χ0n) is 8.52. The zero-order valence-corrected chi connectivity index (χ0v) is 8.52. The van der Waals surface area contributed by atoms with Crippen LogP contribution in [0.15, 0.2) is 0 Å². The maximum Gasteiger partial charge on any atom is 0.0139 e. The topological polar surface area (TPSA) is 29.3 Å². The standard InChI is InChI=1S/C9H22N2/c1-6-11(7-8(2)10)9(3,4)5/h8H,6-7,10H2,1-5H3/t8-/m1/s1. The van der Waals surface area contributed by atoms with E-state index >= 15 is 0 Å². The summed E-state index contributed by atoms with van der Waals surface area (Å²) in [5, 5.41) is 0. The molecule has 0 saturated heterocycles. The van der Waals surface area contributed by atoms with Crippen molar-refractivity contribution in [2.75, 3.05) is 13.1 Å². The van der Waals surface area contributed by atoms with Crippen LogP contribution in [0.4, 0.5) is 0 Å². The molecule has 0 rings (SSSR count). The van der Waals surface area contributed by atoms with Crippen LogP contribution in [0, 0.1) is 0 Å². The Balaban J connectivity index is 3.96. The predicted octanol–water partition coefficient (Wildman–Crippen LogP) is 1.45. The first-order valence-corrected chi connectivity index (χ1v) is 4.38. The lowest BCUT2D eigenvalue weighted by Gasteiger charge is -2.35. The van der Waals surface area contributed by atoms with Crippen LogP contribution < -0.4 is 5.73 Å². The summed E-state index contributed by atoms with van der Waals surface area (Å²) >= 11 is 0. The maximum absolute atomic E-state index is 5.72. The van der Waals surface area contributed by atoms with Gasteiger partial charge in [-0.3, -0.25) is 4.90 Å². The quantitative estimate of drug-likeness (QED) is 0.673. The van der Waals surface area contributed by atoms with Gasteiger partial charge in [0.2, 0.25) is 0 Å². The van der Waals surface area contributed by atoms with E-state index in [1.165, 1.54) is 0 Å². The highest BCUT2D eigenvalue weighted by atomic mass is 15.2. The largest absolute Gasteiger partial charge is 0.327 e. The molecule has 0 aliphatic heterocycles. The lowest BCUT2D eigenvalue weighted by Crippen LogP contribution is -2.46. The number of nitrogens with zero attached hydrogens (tertiary/aromatic N) is 1. The first-order chi connectivity index (χ1) is 4.88. The van der Waals surface area contributed by atoms with Crippen LogP contribution in [0.3, 0.4) is 0 Å². The lowest BCUT2D eigenvalue weighted by molar-refractivity contribution is 0.138. The fourth-order valence-electron chi connectivity index (χ4n) is 1.22. The van der Waals surface area contributed by atoms with E-state index in [2.05, 4.69) is 39.5 Å². The van der Waals surface area contributed by atoms with Gasteiger partial charge in [0.25, 0.3) is 0 Å². The van der Waals surface area contributed by atoms with Gasteiger partial charge in [-0.25, -0.2) is 0 Å². The number of likely N-dealkylation sites (N-methyl/N-ethyl adjacent to an activating group) is 1. The highest BCUT2D eigenvalue weighted by Gasteiger charge is 2.19. The Bertz CT molecular complexity index is 103. The van der Waals surface area contributed by atoms with Crippen LogP contribution in [0.2, 0.25) is 0 Å². The molecule has 1 atom stereocenters. The molecule has 0 aromatic carbocycles. The molecule has 0 saturated carbocycles. The fourth-order valence-corrected chi connectivity index (χ4v) is 1.22. The van der Waals surface area contributed by atoms with Gasteiger partial charge in [-0.1, -0.05) is 6.92 Å². The van der Waals surface area contributed by atoms with Crippen LogP contribution in [-0.2, 0) is 0 Å². The molecule has 0 bridgehead atoms. The van der Waals surface area contributed by atoms with E-state index in [1.807, 2.05) is 0 Å². The van der Waals surface area contributed by atoms with E-state index in [9.17, 15) is 0 Å². The third-order valence-electron chi connectivity index (χ3n) is 1.84. The van der Waals surface area contributed by atoms with E-state index in [-0.39, 0.29) is 11.6 Å². The average molecular weight is 158 g/mol. The van der Waals surface area contributed by atoms with Crippen molar-refractivity contribution in [3.63, 3.8) is 0 Å². The Morgan fingerprint density at radius 2 is 1.82 bits per heavy atom.